The number of anilines is 1. The molecule has 5 nitrogen and oxygen atoms in total. The van der Waals surface area contributed by atoms with Gasteiger partial charge in [0.2, 0.25) is 0 Å². The zero-order valence-corrected chi connectivity index (χ0v) is 17.6. The van der Waals surface area contributed by atoms with Crippen molar-refractivity contribution in [3.05, 3.63) is 30.0 Å². The number of ether oxygens (including phenoxy) is 1. The van der Waals surface area contributed by atoms with E-state index in [0.29, 0.717) is 24.9 Å². The number of rotatable bonds is 10. The molecule has 1 heterocycles. The predicted octanol–water partition coefficient (Wildman–Crippen LogP) is 3.94. The summed E-state index contributed by atoms with van der Waals surface area (Å²) in [5.74, 6) is 1.95. The van der Waals surface area contributed by atoms with Gasteiger partial charge in [-0.25, -0.2) is 0 Å². The molecular weight excluding hydrogens is 338 g/mol. The van der Waals surface area contributed by atoms with E-state index >= 15 is 0 Å². The van der Waals surface area contributed by atoms with Crippen molar-refractivity contribution in [1.82, 2.24) is 9.88 Å². The van der Waals surface area contributed by atoms with Gasteiger partial charge in [-0.1, -0.05) is 33.8 Å². The Bertz CT molecular complexity index is 721. The average molecular weight is 374 g/mol. The summed E-state index contributed by atoms with van der Waals surface area (Å²) in [6, 6.07) is 7.97. The minimum atomic E-state index is -0.450. The van der Waals surface area contributed by atoms with E-state index < -0.39 is 6.10 Å². The van der Waals surface area contributed by atoms with Gasteiger partial charge < -0.3 is 20.1 Å². The summed E-state index contributed by atoms with van der Waals surface area (Å²) in [7, 11) is 1.66. The molecule has 5 heteroatoms. The molecule has 0 saturated carbocycles. The molecule has 0 spiro atoms. The summed E-state index contributed by atoms with van der Waals surface area (Å²) in [6.07, 6.45) is -0.450. The van der Waals surface area contributed by atoms with Gasteiger partial charge in [0.05, 0.1) is 24.4 Å². The molecule has 1 aromatic heterocycles. The molecule has 150 valence electrons. The van der Waals surface area contributed by atoms with Gasteiger partial charge in [-0.05, 0) is 30.9 Å². The van der Waals surface area contributed by atoms with Gasteiger partial charge in [0, 0.05) is 43.3 Å². The highest BCUT2D eigenvalue weighted by Crippen LogP contribution is 2.28. The number of fused-ring (bicyclic) bond motifs is 1. The van der Waals surface area contributed by atoms with E-state index in [0.717, 1.165) is 41.1 Å². The normalized spacial score (nSPS) is 13.0. The van der Waals surface area contributed by atoms with E-state index in [4.69, 9.17) is 4.74 Å². The van der Waals surface area contributed by atoms with Crippen molar-refractivity contribution in [2.24, 2.45) is 11.8 Å². The van der Waals surface area contributed by atoms with Crippen molar-refractivity contribution < 1.29 is 9.84 Å². The second-order valence-corrected chi connectivity index (χ2v) is 8.24. The lowest BCUT2D eigenvalue weighted by Gasteiger charge is -2.28. The lowest BCUT2D eigenvalue weighted by atomic mass is 10.1. The van der Waals surface area contributed by atoms with Crippen LogP contribution in [0.3, 0.4) is 0 Å². The number of hydrogen-bond acceptors (Lipinski definition) is 5. The van der Waals surface area contributed by atoms with Crippen molar-refractivity contribution in [1.29, 1.82) is 0 Å². The van der Waals surface area contributed by atoms with E-state index in [-0.39, 0.29) is 0 Å². The molecule has 0 aliphatic carbocycles. The van der Waals surface area contributed by atoms with E-state index in [1.54, 1.807) is 7.11 Å². The Morgan fingerprint density at radius 3 is 2.33 bits per heavy atom. The lowest BCUT2D eigenvalue weighted by molar-refractivity contribution is 0.107. The zero-order valence-electron chi connectivity index (χ0n) is 17.6. The van der Waals surface area contributed by atoms with Crippen LogP contribution < -0.4 is 10.1 Å². The third kappa shape index (κ3) is 6.67. The van der Waals surface area contributed by atoms with Crippen LogP contribution in [0.4, 0.5) is 5.69 Å². The SMILES string of the molecule is COc1cc(NC[C@H](O)CN(CC(C)C)CC(C)C)c2nc(C)ccc2c1. The van der Waals surface area contributed by atoms with Gasteiger partial charge in [-0.3, -0.25) is 4.98 Å². The van der Waals surface area contributed by atoms with Gasteiger partial charge >= 0.3 is 0 Å². The van der Waals surface area contributed by atoms with Crippen LogP contribution in [0.1, 0.15) is 33.4 Å². The number of aryl methyl sites for hydroxylation is 1. The highest BCUT2D eigenvalue weighted by atomic mass is 16.5. The molecule has 0 radical (unpaired) electrons. The fourth-order valence-corrected chi connectivity index (χ4v) is 3.40. The topological polar surface area (TPSA) is 57.6 Å². The maximum absolute atomic E-state index is 10.6. The van der Waals surface area contributed by atoms with Crippen molar-refractivity contribution in [3.63, 3.8) is 0 Å². The van der Waals surface area contributed by atoms with Crippen LogP contribution in [0.5, 0.6) is 5.75 Å². The monoisotopic (exact) mass is 373 g/mol. The van der Waals surface area contributed by atoms with Crippen molar-refractivity contribution in [2.45, 2.75) is 40.7 Å². The highest BCUT2D eigenvalue weighted by molar-refractivity contribution is 5.92. The van der Waals surface area contributed by atoms with Gasteiger partial charge in [0.1, 0.15) is 5.75 Å². The summed E-state index contributed by atoms with van der Waals surface area (Å²) in [5, 5.41) is 15.0. The van der Waals surface area contributed by atoms with Gasteiger partial charge in [-0.15, -0.1) is 0 Å². The minimum absolute atomic E-state index is 0.450. The number of nitrogens with one attached hydrogen (secondary N) is 1. The van der Waals surface area contributed by atoms with Crippen LogP contribution in [0.15, 0.2) is 24.3 Å². The molecule has 1 aromatic carbocycles. The van der Waals surface area contributed by atoms with Crippen LogP contribution in [-0.2, 0) is 0 Å². The van der Waals surface area contributed by atoms with Gasteiger partial charge in [-0.2, -0.15) is 0 Å². The number of nitrogens with zero attached hydrogens (tertiary/aromatic N) is 2. The molecule has 2 aromatic rings. The van der Waals surface area contributed by atoms with Crippen molar-refractivity contribution >= 4 is 16.6 Å². The molecule has 0 amide bonds. The first-order valence-electron chi connectivity index (χ1n) is 9.88. The second kappa shape index (κ2) is 9.90. The average Bonchev–Trinajstić information content (AvgIpc) is 2.58. The molecule has 0 aliphatic heterocycles. The van der Waals surface area contributed by atoms with Crippen LogP contribution in [-0.4, -0.2) is 54.4 Å². The number of methoxy groups -OCH3 is 1. The van der Waals surface area contributed by atoms with Crippen LogP contribution in [0, 0.1) is 18.8 Å². The maximum atomic E-state index is 10.6. The van der Waals surface area contributed by atoms with E-state index in [1.165, 1.54) is 0 Å². The standard InChI is InChI=1S/C22H35N3O2/c1-15(2)12-25(13-16(3)4)14-19(26)11-23-21-10-20(27-6)9-18-8-7-17(5)24-22(18)21/h7-10,15-16,19,23,26H,11-14H2,1-6H3/t19-/m0/s1. The molecule has 0 fully saturated rings. The Balaban J connectivity index is 2.09. The molecule has 0 unspecified atom stereocenters. The molecule has 0 aliphatic rings. The van der Waals surface area contributed by atoms with Crippen LogP contribution in [0.2, 0.25) is 0 Å². The van der Waals surface area contributed by atoms with Gasteiger partial charge in [0.15, 0.2) is 0 Å². The van der Waals surface area contributed by atoms with E-state index in [1.807, 2.05) is 25.1 Å². The molecule has 2 N–H and O–H groups in total. The predicted molar refractivity (Wildman–Crippen MR) is 114 cm³/mol. The maximum Gasteiger partial charge on any atom is 0.121 e. The molecule has 2 rings (SSSR count). The Kier molecular flexibility index (Phi) is 7.87. The fourth-order valence-electron chi connectivity index (χ4n) is 3.40. The molecule has 1 atom stereocenters. The molecule has 0 saturated heterocycles. The quantitative estimate of drug-likeness (QED) is 0.661. The smallest absolute Gasteiger partial charge is 0.121 e. The Morgan fingerprint density at radius 2 is 1.74 bits per heavy atom. The number of aliphatic hydroxyl groups excluding tert-OH is 1. The van der Waals surface area contributed by atoms with Crippen molar-refractivity contribution in [3.8, 4) is 5.75 Å². The van der Waals surface area contributed by atoms with E-state index in [9.17, 15) is 5.11 Å². The number of pyridine rings is 1. The van der Waals surface area contributed by atoms with Crippen LogP contribution >= 0.6 is 0 Å². The third-order valence-electron chi connectivity index (χ3n) is 4.38. The van der Waals surface area contributed by atoms with E-state index in [2.05, 4.69) is 49.0 Å². The fraction of sp³-hybridized carbons (Fsp3) is 0.591. The van der Waals surface area contributed by atoms with Crippen LogP contribution in [0.25, 0.3) is 10.9 Å². The number of aromatic nitrogens is 1. The summed E-state index contributed by atoms with van der Waals surface area (Å²) in [4.78, 5) is 7.01. The second-order valence-electron chi connectivity index (χ2n) is 8.24. The van der Waals surface area contributed by atoms with Crippen molar-refractivity contribution in [2.75, 3.05) is 38.6 Å². The molecular formula is C22H35N3O2. The first-order valence-corrected chi connectivity index (χ1v) is 9.88. The summed E-state index contributed by atoms with van der Waals surface area (Å²) < 4.78 is 5.41. The molecule has 0 bridgehead atoms. The number of hydrogen-bond donors (Lipinski definition) is 2. The Morgan fingerprint density at radius 1 is 1.07 bits per heavy atom. The van der Waals surface area contributed by atoms with Gasteiger partial charge in [0.25, 0.3) is 0 Å². The third-order valence-corrected chi connectivity index (χ3v) is 4.38. The molecule has 27 heavy (non-hydrogen) atoms. The number of aliphatic hydroxyl groups is 1. The summed E-state index contributed by atoms with van der Waals surface area (Å²) in [5.41, 5.74) is 2.77. The summed E-state index contributed by atoms with van der Waals surface area (Å²) in [6.45, 7) is 14.0. The first kappa shape index (κ1) is 21.5. The highest BCUT2D eigenvalue weighted by Gasteiger charge is 2.15. The summed E-state index contributed by atoms with van der Waals surface area (Å²) >= 11 is 0. The zero-order chi connectivity index (χ0) is 20.0. The first-order chi connectivity index (χ1) is 12.8. The largest absolute Gasteiger partial charge is 0.497 e. The Labute approximate surface area is 163 Å². The Hall–Kier alpha value is -1.85. The minimum Gasteiger partial charge on any atom is -0.497 e. The number of benzene rings is 1. The lowest BCUT2D eigenvalue weighted by Crippen LogP contribution is -2.40.